The lowest BCUT2D eigenvalue weighted by molar-refractivity contribution is 0.399. The van der Waals surface area contributed by atoms with E-state index in [0.717, 1.165) is 38.2 Å². The Kier molecular flexibility index (Phi) is 5.22. The molecule has 1 unspecified atom stereocenters. The van der Waals surface area contributed by atoms with Gasteiger partial charge in [0.1, 0.15) is 5.82 Å². The Bertz CT molecular complexity index is 589. The first-order valence-electron chi connectivity index (χ1n) is 7.50. The molecule has 1 aliphatic rings. The Morgan fingerprint density at radius 2 is 2.10 bits per heavy atom. The molecule has 6 heteroatoms. The van der Waals surface area contributed by atoms with Crippen LogP contribution in [0.15, 0.2) is 23.1 Å². The van der Waals surface area contributed by atoms with Crippen molar-refractivity contribution in [1.82, 2.24) is 4.31 Å². The molecule has 0 bridgehead atoms. The Morgan fingerprint density at radius 1 is 1.33 bits per heavy atom. The molecule has 118 valence electrons. The van der Waals surface area contributed by atoms with E-state index < -0.39 is 15.8 Å². The van der Waals surface area contributed by atoms with Crippen molar-refractivity contribution in [2.75, 3.05) is 18.8 Å². The topological polar surface area (TPSA) is 63.4 Å². The van der Waals surface area contributed by atoms with Gasteiger partial charge in [-0.05, 0) is 43.4 Å². The smallest absolute Gasteiger partial charge is 0.243 e. The molecule has 1 heterocycles. The summed E-state index contributed by atoms with van der Waals surface area (Å²) < 4.78 is 40.2. The minimum atomic E-state index is -3.63. The van der Waals surface area contributed by atoms with Gasteiger partial charge in [0.15, 0.2) is 0 Å². The molecule has 0 aliphatic carbocycles. The van der Waals surface area contributed by atoms with Crippen molar-refractivity contribution in [3.05, 3.63) is 24.0 Å². The van der Waals surface area contributed by atoms with Gasteiger partial charge in [0, 0.05) is 13.1 Å². The maximum absolute atomic E-state index is 13.5. The summed E-state index contributed by atoms with van der Waals surface area (Å²) in [6.45, 7) is 3.17. The number of sulfonamides is 1. The van der Waals surface area contributed by atoms with E-state index in [2.05, 4.69) is 6.92 Å². The molecule has 1 aromatic carbocycles. The molecule has 0 radical (unpaired) electrons. The highest BCUT2D eigenvalue weighted by molar-refractivity contribution is 7.89. The lowest BCUT2D eigenvalue weighted by atomic mass is 9.96. The summed E-state index contributed by atoms with van der Waals surface area (Å²) in [6, 6.07) is 3.70. The van der Waals surface area contributed by atoms with Gasteiger partial charge in [-0.1, -0.05) is 19.8 Å². The van der Waals surface area contributed by atoms with Crippen LogP contribution < -0.4 is 5.73 Å². The normalized spacial score (nSPS) is 21.1. The minimum Gasteiger partial charge on any atom is -0.396 e. The molecule has 0 saturated carbocycles. The SMILES string of the molecule is CCCC1CCCN(S(=O)(=O)c2ccc(N)c(F)c2)CC1. The van der Waals surface area contributed by atoms with Gasteiger partial charge < -0.3 is 5.73 Å². The molecule has 1 saturated heterocycles. The number of hydrogen-bond acceptors (Lipinski definition) is 3. The standard InChI is InChI=1S/C15H23FN2O2S/c1-2-4-12-5-3-9-18(10-8-12)21(19,20)13-6-7-15(17)14(16)11-13/h6-7,11-12H,2-5,8-10,17H2,1H3. The molecule has 0 amide bonds. The van der Waals surface area contributed by atoms with Crippen LogP contribution in [0.5, 0.6) is 0 Å². The van der Waals surface area contributed by atoms with E-state index in [1.165, 1.54) is 16.4 Å². The fourth-order valence-electron chi connectivity index (χ4n) is 2.89. The second kappa shape index (κ2) is 6.75. The average Bonchev–Trinajstić information content (AvgIpc) is 2.68. The predicted molar refractivity (Wildman–Crippen MR) is 81.8 cm³/mol. The van der Waals surface area contributed by atoms with Crippen molar-refractivity contribution in [2.24, 2.45) is 5.92 Å². The van der Waals surface area contributed by atoms with Crippen LogP contribution in [0.25, 0.3) is 0 Å². The minimum absolute atomic E-state index is 0.0110. The summed E-state index contributed by atoms with van der Waals surface area (Å²) in [4.78, 5) is -0.0110. The zero-order valence-electron chi connectivity index (χ0n) is 12.4. The monoisotopic (exact) mass is 314 g/mol. The molecular formula is C15H23FN2O2S. The molecule has 1 atom stereocenters. The van der Waals surface area contributed by atoms with Crippen LogP contribution in [0.4, 0.5) is 10.1 Å². The molecular weight excluding hydrogens is 291 g/mol. The van der Waals surface area contributed by atoms with Gasteiger partial charge in [0.05, 0.1) is 10.6 Å². The number of nitrogens with two attached hydrogens (primary N) is 1. The van der Waals surface area contributed by atoms with Crippen LogP contribution in [0.3, 0.4) is 0 Å². The zero-order valence-corrected chi connectivity index (χ0v) is 13.2. The van der Waals surface area contributed by atoms with E-state index >= 15 is 0 Å². The fourth-order valence-corrected chi connectivity index (χ4v) is 4.40. The fraction of sp³-hybridized carbons (Fsp3) is 0.600. The van der Waals surface area contributed by atoms with Crippen molar-refractivity contribution in [3.63, 3.8) is 0 Å². The summed E-state index contributed by atoms with van der Waals surface area (Å²) in [5.74, 6) is -0.0897. The van der Waals surface area contributed by atoms with Gasteiger partial charge in [-0.25, -0.2) is 12.8 Å². The molecule has 21 heavy (non-hydrogen) atoms. The highest BCUT2D eigenvalue weighted by atomic mass is 32.2. The van der Waals surface area contributed by atoms with Crippen LogP contribution in [0.2, 0.25) is 0 Å². The molecule has 2 rings (SSSR count). The first kappa shape index (κ1) is 16.2. The van der Waals surface area contributed by atoms with Crippen molar-refractivity contribution < 1.29 is 12.8 Å². The van der Waals surface area contributed by atoms with E-state index in [0.29, 0.717) is 19.0 Å². The second-order valence-corrected chi connectivity index (χ2v) is 7.61. The summed E-state index contributed by atoms with van der Waals surface area (Å²) in [7, 11) is -3.63. The molecule has 0 spiro atoms. The number of rotatable bonds is 4. The molecule has 1 aromatic rings. The first-order valence-corrected chi connectivity index (χ1v) is 8.94. The average molecular weight is 314 g/mol. The Morgan fingerprint density at radius 3 is 2.76 bits per heavy atom. The quantitative estimate of drug-likeness (QED) is 0.869. The maximum atomic E-state index is 13.5. The number of hydrogen-bond donors (Lipinski definition) is 1. The Balaban J connectivity index is 2.17. The van der Waals surface area contributed by atoms with E-state index in [9.17, 15) is 12.8 Å². The summed E-state index contributed by atoms with van der Waals surface area (Å²) >= 11 is 0. The van der Waals surface area contributed by atoms with Crippen molar-refractivity contribution in [2.45, 2.75) is 43.9 Å². The number of anilines is 1. The number of benzene rings is 1. The van der Waals surface area contributed by atoms with Gasteiger partial charge in [-0.2, -0.15) is 4.31 Å². The van der Waals surface area contributed by atoms with Gasteiger partial charge in [-0.3, -0.25) is 0 Å². The molecule has 1 aliphatic heterocycles. The largest absolute Gasteiger partial charge is 0.396 e. The molecule has 1 fully saturated rings. The van der Waals surface area contributed by atoms with E-state index in [4.69, 9.17) is 5.73 Å². The predicted octanol–water partition coefficient (Wildman–Crippen LogP) is 3.00. The third kappa shape index (κ3) is 3.74. The third-order valence-electron chi connectivity index (χ3n) is 4.11. The van der Waals surface area contributed by atoms with Gasteiger partial charge in [0.2, 0.25) is 10.0 Å². The third-order valence-corrected chi connectivity index (χ3v) is 6.01. The van der Waals surface area contributed by atoms with E-state index in [1.54, 1.807) is 0 Å². The van der Waals surface area contributed by atoms with E-state index in [-0.39, 0.29) is 10.6 Å². The van der Waals surface area contributed by atoms with Crippen molar-refractivity contribution in [3.8, 4) is 0 Å². The second-order valence-electron chi connectivity index (χ2n) is 5.67. The van der Waals surface area contributed by atoms with Crippen LogP contribution in [-0.2, 0) is 10.0 Å². The highest BCUT2D eigenvalue weighted by Gasteiger charge is 2.27. The number of halogens is 1. The summed E-state index contributed by atoms with van der Waals surface area (Å²) in [5.41, 5.74) is 5.37. The van der Waals surface area contributed by atoms with Gasteiger partial charge in [0.25, 0.3) is 0 Å². The van der Waals surface area contributed by atoms with Crippen molar-refractivity contribution >= 4 is 15.7 Å². The lowest BCUT2D eigenvalue weighted by Crippen LogP contribution is -2.32. The van der Waals surface area contributed by atoms with Gasteiger partial charge >= 0.3 is 0 Å². The molecule has 0 aromatic heterocycles. The molecule has 4 nitrogen and oxygen atoms in total. The summed E-state index contributed by atoms with van der Waals surface area (Å²) in [6.07, 6.45) is 5.08. The first-order chi connectivity index (χ1) is 9.95. The van der Waals surface area contributed by atoms with Crippen LogP contribution in [-0.4, -0.2) is 25.8 Å². The highest BCUT2D eigenvalue weighted by Crippen LogP contribution is 2.26. The van der Waals surface area contributed by atoms with Crippen molar-refractivity contribution in [1.29, 1.82) is 0 Å². The Hall–Kier alpha value is -1.14. The van der Waals surface area contributed by atoms with Crippen LogP contribution in [0, 0.1) is 11.7 Å². The maximum Gasteiger partial charge on any atom is 0.243 e. The Labute approximate surface area is 126 Å². The zero-order chi connectivity index (χ0) is 15.5. The van der Waals surface area contributed by atoms with E-state index in [1.807, 2.05) is 0 Å². The lowest BCUT2D eigenvalue weighted by Gasteiger charge is -2.20. The number of nitrogens with zero attached hydrogens (tertiary/aromatic N) is 1. The number of nitrogen functional groups attached to an aromatic ring is 1. The molecule has 2 N–H and O–H groups in total. The van der Waals surface area contributed by atoms with Gasteiger partial charge in [-0.15, -0.1) is 0 Å². The van der Waals surface area contributed by atoms with Crippen LogP contribution in [0.1, 0.15) is 39.0 Å². The van der Waals surface area contributed by atoms with Crippen LogP contribution >= 0.6 is 0 Å². The summed E-state index contributed by atoms with van der Waals surface area (Å²) in [5, 5.41) is 0.